The Bertz CT molecular complexity index is 547. The van der Waals surface area contributed by atoms with Gasteiger partial charge in [0.25, 0.3) is 0 Å². The minimum Gasteiger partial charge on any atom is -0.481 e. The Hall–Kier alpha value is -1.21. The van der Waals surface area contributed by atoms with E-state index < -0.39 is 17.6 Å². The Balaban J connectivity index is 2.04. The van der Waals surface area contributed by atoms with Crippen molar-refractivity contribution in [3.63, 3.8) is 0 Å². The second kappa shape index (κ2) is 5.62. The Morgan fingerprint density at radius 1 is 1.39 bits per heavy atom. The van der Waals surface area contributed by atoms with Crippen LogP contribution in [-0.2, 0) is 4.79 Å². The number of carboxylic acids is 1. The second-order valence-electron chi connectivity index (χ2n) is 3.56. The first kappa shape index (κ1) is 13.2. The SMILES string of the molecule is O=C(O)CCCSc1nc2cc(F)c(F)cc2s1. The number of halogens is 2. The van der Waals surface area contributed by atoms with Gasteiger partial charge in [0.05, 0.1) is 10.2 Å². The summed E-state index contributed by atoms with van der Waals surface area (Å²) in [5.74, 6) is -2.00. The fourth-order valence-electron chi connectivity index (χ4n) is 1.35. The van der Waals surface area contributed by atoms with Crippen LogP contribution in [0.3, 0.4) is 0 Å². The average molecular weight is 289 g/mol. The molecule has 96 valence electrons. The van der Waals surface area contributed by atoms with Gasteiger partial charge in [-0.2, -0.15) is 0 Å². The van der Waals surface area contributed by atoms with Crippen LogP contribution in [0.1, 0.15) is 12.8 Å². The molecule has 0 bridgehead atoms. The van der Waals surface area contributed by atoms with Crippen LogP contribution >= 0.6 is 23.1 Å². The number of fused-ring (bicyclic) bond motifs is 1. The van der Waals surface area contributed by atoms with Crippen molar-refractivity contribution in [1.29, 1.82) is 0 Å². The Morgan fingerprint density at radius 3 is 2.83 bits per heavy atom. The number of benzene rings is 1. The van der Waals surface area contributed by atoms with Crippen LogP contribution in [0.4, 0.5) is 8.78 Å². The van der Waals surface area contributed by atoms with Gasteiger partial charge in [-0.1, -0.05) is 11.8 Å². The summed E-state index contributed by atoms with van der Waals surface area (Å²) in [4.78, 5) is 14.5. The molecule has 0 aliphatic rings. The number of aromatic nitrogens is 1. The third kappa shape index (κ3) is 3.17. The van der Waals surface area contributed by atoms with Crippen molar-refractivity contribution in [2.75, 3.05) is 5.75 Å². The summed E-state index contributed by atoms with van der Waals surface area (Å²) in [5, 5.41) is 8.48. The number of thioether (sulfide) groups is 1. The number of rotatable bonds is 5. The van der Waals surface area contributed by atoms with E-state index in [1.807, 2.05) is 0 Å². The van der Waals surface area contributed by atoms with Crippen molar-refractivity contribution in [1.82, 2.24) is 4.98 Å². The zero-order valence-corrected chi connectivity index (χ0v) is 10.8. The van der Waals surface area contributed by atoms with E-state index in [0.717, 1.165) is 12.1 Å². The quantitative estimate of drug-likeness (QED) is 0.675. The highest BCUT2D eigenvalue weighted by atomic mass is 32.2. The summed E-state index contributed by atoms with van der Waals surface area (Å²) in [6, 6.07) is 2.20. The molecular formula is C11H9F2NO2S2. The predicted molar refractivity (Wildman–Crippen MR) is 67.1 cm³/mol. The Morgan fingerprint density at radius 2 is 2.11 bits per heavy atom. The molecule has 1 aromatic heterocycles. The lowest BCUT2D eigenvalue weighted by Crippen LogP contribution is -1.94. The summed E-state index contributed by atoms with van der Waals surface area (Å²) < 4.78 is 27.2. The monoisotopic (exact) mass is 289 g/mol. The maximum absolute atomic E-state index is 13.0. The van der Waals surface area contributed by atoms with Gasteiger partial charge in [0.2, 0.25) is 0 Å². The molecule has 0 saturated carbocycles. The highest BCUT2D eigenvalue weighted by Crippen LogP contribution is 2.31. The first-order valence-corrected chi connectivity index (χ1v) is 6.96. The average Bonchev–Trinajstić information content (AvgIpc) is 2.67. The van der Waals surface area contributed by atoms with Crippen LogP contribution in [-0.4, -0.2) is 21.8 Å². The van der Waals surface area contributed by atoms with E-state index >= 15 is 0 Å². The molecule has 3 nitrogen and oxygen atoms in total. The van der Waals surface area contributed by atoms with Gasteiger partial charge < -0.3 is 5.11 Å². The lowest BCUT2D eigenvalue weighted by Gasteiger charge is -1.94. The Labute approximate surface area is 110 Å². The zero-order valence-electron chi connectivity index (χ0n) is 9.15. The van der Waals surface area contributed by atoms with Gasteiger partial charge in [-0.25, -0.2) is 13.8 Å². The fourth-order valence-corrected chi connectivity index (χ4v) is 3.43. The molecule has 7 heteroatoms. The van der Waals surface area contributed by atoms with Crippen molar-refractivity contribution in [3.8, 4) is 0 Å². The maximum Gasteiger partial charge on any atom is 0.303 e. The Kier molecular flexibility index (Phi) is 4.13. The predicted octanol–water partition coefficient (Wildman–Crippen LogP) is 3.53. The third-order valence-electron chi connectivity index (χ3n) is 2.17. The summed E-state index contributed by atoms with van der Waals surface area (Å²) in [6.45, 7) is 0. The topological polar surface area (TPSA) is 50.2 Å². The van der Waals surface area contributed by atoms with E-state index in [9.17, 15) is 13.6 Å². The number of hydrogen-bond donors (Lipinski definition) is 1. The fraction of sp³-hybridized carbons (Fsp3) is 0.273. The molecule has 1 aromatic carbocycles. The van der Waals surface area contributed by atoms with Gasteiger partial charge in [0.15, 0.2) is 16.0 Å². The van der Waals surface area contributed by atoms with Crippen LogP contribution in [0, 0.1) is 11.6 Å². The molecule has 0 aliphatic heterocycles. The van der Waals surface area contributed by atoms with Gasteiger partial charge in [-0.15, -0.1) is 11.3 Å². The van der Waals surface area contributed by atoms with Gasteiger partial charge in [0.1, 0.15) is 0 Å². The largest absolute Gasteiger partial charge is 0.481 e. The van der Waals surface area contributed by atoms with Crippen LogP contribution in [0.2, 0.25) is 0 Å². The summed E-state index contributed by atoms with van der Waals surface area (Å²) in [5.41, 5.74) is 0.430. The molecule has 0 amide bonds. The second-order valence-corrected chi connectivity index (χ2v) is 5.93. The molecule has 1 N–H and O–H groups in total. The lowest BCUT2D eigenvalue weighted by molar-refractivity contribution is -0.137. The van der Waals surface area contributed by atoms with Crippen LogP contribution in [0.25, 0.3) is 10.2 Å². The number of aliphatic carboxylic acids is 1. The van der Waals surface area contributed by atoms with E-state index in [1.54, 1.807) is 0 Å². The van der Waals surface area contributed by atoms with Crippen LogP contribution in [0.5, 0.6) is 0 Å². The van der Waals surface area contributed by atoms with Crippen LogP contribution in [0.15, 0.2) is 16.5 Å². The molecule has 0 aliphatic carbocycles. The molecule has 0 radical (unpaired) electrons. The highest BCUT2D eigenvalue weighted by molar-refractivity contribution is 8.01. The molecule has 0 fully saturated rings. The summed E-state index contributed by atoms with van der Waals surface area (Å²) in [6.07, 6.45) is 0.653. The first-order chi connectivity index (χ1) is 8.56. The molecule has 0 atom stereocenters. The molecule has 18 heavy (non-hydrogen) atoms. The van der Waals surface area contributed by atoms with E-state index in [2.05, 4.69) is 4.98 Å². The smallest absolute Gasteiger partial charge is 0.303 e. The minimum atomic E-state index is -0.907. The maximum atomic E-state index is 13.0. The van der Waals surface area contributed by atoms with E-state index in [1.165, 1.54) is 23.1 Å². The van der Waals surface area contributed by atoms with Gasteiger partial charge in [-0.05, 0) is 12.5 Å². The lowest BCUT2D eigenvalue weighted by atomic mass is 10.3. The van der Waals surface area contributed by atoms with Gasteiger partial charge >= 0.3 is 5.97 Å². The third-order valence-corrected chi connectivity index (χ3v) is 4.42. The van der Waals surface area contributed by atoms with Crippen molar-refractivity contribution in [2.24, 2.45) is 0 Å². The molecular weight excluding hydrogens is 280 g/mol. The number of carbonyl (C=O) groups is 1. The first-order valence-electron chi connectivity index (χ1n) is 5.16. The van der Waals surface area contributed by atoms with Crippen LogP contribution < -0.4 is 0 Å². The minimum absolute atomic E-state index is 0.112. The molecule has 2 rings (SSSR count). The van der Waals surface area contributed by atoms with Crippen molar-refractivity contribution < 1.29 is 18.7 Å². The summed E-state index contributed by atoms with van der Waals surface area (Å²) in [7, 11) is 0. The highest BCUT2D eigenvalue weighted by Gasteiger charge is 2.09. The van der Waals surface area contributed by atoms with E-state index in [-0.39, 0.29) is 6.42 Å². The van der Waals surface area contributed by atoms with Crippen molar-refractivity contribution in [3.05, 3.63) is 23.8 Å². The number of hydrogen-bond acceptors (Lipinski definition) is 4. The van der Waals surface area contributed by atoms with E-state index in [0.29, 0.717) is 26.7 Å². The molecule has 0 unspecified atom stereocenters. The number of thiazole rings is 1. The van der Waals surface area contributed by atoms with Crippen molar-refractivity contribution >= 4 is 39.3 Å². The molecule has 2 aromatic rings. The summed E-state index contributed by atoms with van der Waals surface area (Å²) >= 11 is 2.68. The number of nitrogens with zero attached hydrogens (tertiary/aromatic N) is 1. The molecule has 0 saturated heterocycles. The molecule has 1 heterocycles. The zero-order chi connectivity index (χ0) is 13.1. The molecule has 0 spiro atoms. The van der Waals surface area contributed by atoms with Crippen molar-refractivity contribution in [2.45, 2.75) is 17.2 Å². The van der Waals surface area contributed by atoms with Gasteiger partial charge in [-0.3, -0.25) is 4.79 Å². The number of carboxylic acid groups (broad SMARTS) is 1. The normalized spacial score (nSPS) is 11.0. The van der Waals surface area contributed by atoms with E-state index in [4.69, 9.17) is 5.11 Å². The standard InChI is InChI=1S/C11H9F2NO2S2/c12-6-4-8-9(5-7(6)13)18-11(14-8)17-3-1-2-10(15)16/h4-5H,1-3H2,(H,15,16). The van der Waals surface area contributed by atoms with Gasteiger partial charge in [0, 0.05) is 18.2 Å².